The summed E-state index contributed by atoms with van der Waals surface area (Å²) in [6.07, 6.45) is 8.24. The summed E-state index contributed by atoms with van der Waals surface area (Å²) in [4.78, 5) is 29.1. The third-order valence-corrected chi connectivity index (χ3v) is 7.09. The van der Waals surface area contributed by atoms with Crippen molar-refractivity contribution in [1.82, 2.24) is 30.8 Å². The molecule has 1 aliphatic carbocycles. The van der Waals surface area contributed by atoms with E-state index in [1.807, 2.05) is 30.3 Å². The zero-order valence-corrected chi connectivity index (χ0v) is 19.6. The highest BCUT2D eigenvalue weighted by Crippen LogP contribution is 2.29. The number of amides is 1. The number of rotatable bonds is 5. The van der Waals surface area contributed by atoms with E-state index in [1.165, 1.54) is 6.20 Å². The van der Waals surface area contributed by atoms with Gasteiger partial charge in [0.1, 0.15) is 11.5 Å². The van der Waals surface area contributed by atoms with Crippen LogP contribution in [0.3, 0.4) is 0 Å². The van der Waals surface area contributed by atoms with Crippen molar-refractivity contribution >= 4 is 39.9 Å². The Hall–Kier alpha value is -3.53. The summed E-state index contributed by atoms with van der Waals surface area (Å²) in [5.41, 5.74) is 9.30. The van der Waals surface area contributed by atoms with Gasteiger partial charge in [0.15, 0.2) is 5.82 Å². The predicted molar refractivity (Wildman–Crippen MR) is 136 cm³/mol. The lowest BCUT2D eigenvalue weighted by Gasteiger charge is -2.31. The van der Waals surface area contributed by atoms with Crippen LogP contribution in [0.4, 0.5) is 11.5 Å². The Bertz CT molecular complexity index is 1390. The summed E-state index contributed by atoms with van der Waals surface area (Å²) in [6, 6.07) is 12.3. The van der Waals surface area contributed by atoms with Crippen LogP contribution in [0.25, 0.3) is 22.3 Å². The number of anilines is 2. The van der Waals surface area contributed by atoms with Crippen LogP contribution in [0.15, 0.2) is 55.0 Å². The maximum atomic E-state index is 12.7. The molecule has 3 atom stereocenters. The van der Waals surface area contributed by atoms with E-state index in [0.717, 1.165) is 48.1 Å². The normalized spacial score (nSPS) is 21.6. The number of hydrazine groups is 1. The fourth-order valence-electron chi connectivity index (χ4n) is 4.97. The van der Waals surface area contributed by atoms with Gasteiger partial charge in [0.2, 0.25) is 0 Å². The number of aromatic amines is 1. The second-order valence-corrected chi connectivity index (χ2v) is 9.51. The smallest absolute Gasteiger partial charge is 0.272 e. The number of pyridine rings is 1. The van der Waals surface area contributed by atoms with Gasteiger partial charge >= 0.3 is 0 Å². The summed E-state index contributed by atoms with van der Waals surface area (Å²) in [5.74, 6) is 1.84. The molecular weight excluding hydrogens is 464 g/mol. The molecule has 10 heteroatoms. The van der Waals surface area contributed by atoms with Gasteiger partial charge in [-0.25, -0.2) is 9.97 Å². The van der Waals surface area contributed by atoms with E-state index in [-0.39, 0.29) is 5.91 Å². The van der Waals surface area contributed by atoms with Gasteiger partial charge in [0.25, 0.3) is 5.91 Å². The topological polar surface area (TPSA) is 120 Å². The zero-order chi connectivity index (χ0) is 23.8. The number of nitrogens with one attached hydrogen (secondary N) is 5. The van der Waals surface area contributed by atoms with Gasteiger partial charge in [-0.3, -0.25) is 20.6 Å². The van der Waals surface area contributed by atoms with Crippen LogP contribution in [0.1, 0.15) is 29.8 Å². The molecule has 3 unspecified atom stereocenters. The van der Waals surface area contributed by atoms with Crippen molar-refractivity contribution < 1.29 is 4.79 Å². The minimum Gasteiger partial charge on any atom is -0.367 e. The molecule has 1 aromatic carbocycles. The van der Waals surface area contributed by atoms with Gasteiger partial charge in [0, 0.05) is 53.7 Å². The zero-order valence-electron chi connectivity index (χ0n) is 18.9. The Kier molecular flexibility index (Phi) is 5.81. The number of benzene rings is 1. The average Bonchev–Trinajstić information content (AvgIpc) is 3.52. The van der Waals surface area contributed by atoms with Crippen molar-refractivity contribution in [3.63, 3.8) is 0 Å². The summed E-state index contributed by atoms with van der Waals surface area (Å²) in [5, 5.41) is 7.72. The highest BCUT2D eigenvalue weighted by Gasteiger charge is 2.33. The van der Waals surface area contributed by atoms with Gasteiger partial charge in [0.05, 0.1) is 10.7 Å². The first kappa shape index (κ1) is 22.0. The fourth-order valence-corrected chi connectivity index (χ4v) is 5.14. The van der Waals surface area contributed by atoms with Crippen LogP contribution >= 0.6 is 11.6 Å². The maximum absolute atomic E-state index is 12.7. The number of carbonyl (C=O) groups excluding carboxylic acids is 1. The molecule has 0 radical (unpaired) electrons. The molecule has 2 aliphatic rings. The van der Waals surface area contributed by atoms with E-state index in [1.54, 1.807) is 18.5 Å². The van der Waals surface area contributed by atoms with E-state index >= 15 is 0 Å². The lowest BCUT2D eigenvalue weighted by atomic mass is 9.83. The molecule has 0 bridgehead atoms. The first-order valence-electron chi connectivity index (χ1n) is 11.7. The van der Waals surface area contributed by atoms with Crippen LogP contribution in [0.5, 0.6) is 0 Å². The van der Waals surface area contributed by atoms with Gasteiger partial charge in [-0.2, -0.15) is 0 Å². The largest absolute Gasteiger partial charge is 0.367 e. The Balaban J connectivity index is 1.19. The Morgan fingerprint density at radius 2 is 2.06 bits per heavy atom. The van der Waals surface area contributed by atoms with Crippen molar-refractivity contribution in [2.45, 2.75) is 31.3 Å². The number of halogens is 1. The lowest BCUT2D eigenvalue weighted by Crippen LogP contribution is -2.39. The number of carbonyl (C=O) groups is 1. The molecule has 0 spiro atoms. The monoisotopic (exact) mass is 488 g/mol. The highest BCUT2D eigenvalue weighted by molar-refractivity contribution is 6.33. The third kappa shape index (κ3) is 4.58. The molecule has 1 amide bonds. The minimum absolute atomic E-state index is 0.277. The van der Waals surface area contributed by atoms with Crippen LogP contribution in [-0.4, -0.2) is 44.5 Å². The highest BCUT2D eigenvalue weighted by atomic mass is 35.5. The Morgan fingerprint density at radius 1 is 1.11 bits per heavy atom. The maximum Gasteiger partial charge on any atom is 0.272 e. The summed E-state index contributed by atoms with van der Waals surface area (Å²) in [7, 11) is 0. The van der Waals surface area contributed by atoms with Crippen molar-refractivity contribution in [2.75, 3.05) is 17.2 Å². The molecular formula is C25H25ClN8O. The van der Waals surface area contributed by atoms with Crippen molar-refractivity contribution in [1.29, 1.82) is 0 Å². The Labute approximate surface area is 207 Å². The van der Waals surface area contributed by atoms with Crippen LogP contribution in [0.2, 0.25) is 5.02 Å². The molecule has 4 aromatic rings. The van der Waals surface area contributed by atoms with E-state index in [0.29, 0.717) is 40.2 Å². The molecule has 1 aliphatic heterocycles. The molecule has 4 heterocycles. The summed E-state index contributed by atoms with van der Waals surface area (Å²) < 4.78 is 0. The molecule has 6 rings (SSSR count). The standard InChI is InChI=1S/C25H25ClN8O/c26-18-13-27-7-5-20(18)32-25(35)22-10-14-1-2-15(11-21(14)31-22)24-28-8-6-23(33-24)30-17-3-4-19-16(9-17)12-29-34-19/h1-2,5-8,10-11,13,16-17,19,29,31,34H,3-4,9,12H2,(H,27,32,35)(H,28,30,33). The first-order valence-corrected chi connectivity index (χ1v) is 12.1. The number of hydrogen-bond donors (Lipinski definition) is 5. The quantitative estimate of drug-likeness (QED) is 0.288. The molecule has 9 nitrogen and oxygen atoms in total. The van der Waals surface area contributed by atoms with E-state index in [4.69, 9.17) is 16.6 Å². The number of hydrogen-bond acceptors (Lipinski definition) is 7. The van der Waals surface area contributed by atoms with Crippen molar-refractivity contribution in [3.8, 4) is 11.4 Å². The summed E-state index contributed by atoms with van der Waals surface area (Å²) >= 11 is 6.11. The first-order chi connectivity index (χ1) is 17.1. The number of H-pyrrole nitrogens is 1. The van der Waals surface area contributed by atoms with Crippen LogP contribution in [-0.2, 0) is 0 Å². The predicted octanol–water partition coefficient (Wildman–Crippen LogP) is 3.98. The molecule has 3 aromatic heterocycles. The van der Waals surface area contributed by atoms with Crippen LogP contribution in [0, 0.1) is 5.92 Å². The summed E-state index contributed by atoms with van der Waals surface area (Å²) in [6.45, 7) is 1.02. The molecule has 35 heavy (non-hydrogen) atoms. The van der Waals surface area contributed by atoms with Crippen molar-refractivity contribution in [3.05, 3.63) is 65.7 Å². The van der Waals surface area contributed by atoms with E-state index in [9.17, 15) is 4.79 Å². The second kappa shape index (κ2) is 9.26. The van der Waals surface area contributed by atoms with Gasteiger partial charge in [-0.15, -0.1) is 0 Å². The number of nitrogens with zero attached hydrogens (tertiary/aromatic N) is 3. The fraction of sp³-hybridized carbons (Fsp3) is 0.280. The lowest BCUT2D eigenvalue weighted by molar-refractivity contribution is 0.102. The number of fused-ring (bicyclic) bond motifs is 2. The minimum atomic E-state index is -0.277. The molecule has 5 N–H and O–H groups in total. The van der Waals surface area contributed by atoms with Gasteiger partial charge in [-0.05, 0) is 49.4 Å². The molecule has 178 valence electrons. The van der Waals surface area contributed by atoms with Gasteiger partial charge < -0.3 is 15.6 Å². The molecule has 1 saturated carbocycles. The molecule has 2 fully saturated rings. The molecule has 1 saturated heterocycles. The number of aromatic nitrogens is 4. The second-order valence-electron chi connectivity index (χ2n) is 9.11. The third-order valence-electron chi connectivity index (χ3n) is 6.79. The average molecular weight is 489 g/mol. The van der Waals surface area contributed by atoms with Crippen LogP contribution < -0.4 is 21.5 Å². The Morgan fingerprint density at radius 3 is 2.97 bits per heavy atom. The van der Waals surface area contributed by atoms with Gasteiger partial charge in [-0.1, -0.05) is 23.7 Å². The van der Waals surface area contributed by atoms with E-state index in [2.05, 4.69) is 36.4 Å². The van der Waals surface area contributed by atoms with Crippen molar-refractivity contribution in [2.24, 2.45) is 5.92 Å². The van der Waals surface area contributed by atoms with E-state index < -0.39 is 0 Å². The SMILES string of the molecule is O=C(Nc1ccncc1Cl)c1cc2ccc(-c3nccc(NC4CCC5NNCC5C4)n3)cc2[nH]1.